The molecule has 1 aliphatic heterocycles. The Balaban J connectivity index is 2.13. The van der Waals surface area contributed by atoms with Gasteiger partial charge < -0.3 is 40.3 Å². The predicted molar refractivity (Wildman–Crippen MR) is 304 cm³/mol. The summed E-state index contributed by atoms with van der Waals surface area (Å²) in [4.78, 5) is 13.0. The molecule has 0 radical (unpaired) electrons. The van der Waals surface area contributed by atoms with Crippen LogP contribution in [0.4, 0.5) is 0 Å². The smallest absolute Gasteiger partial charge is 0.220 e. The van der Waals surface area contributed by atoms with Crippen molar-refractivity contribution in [3.8, 4) is 0 Å². The molecule has 72 heavy (non-hydrogen) atoms. The first-order valence-electron chi connectivity index (χ1n) is 29.8. The Hall–Kier alpha value is -2.63. The summed E-state index contributed by atoms with van der Waals surface area (Å²) in [5.74, 6) is -0.178. The molecule has 0 saturated carbocycles. The molecule has 1 amide bonds. The summed E-state index contributed by atoms with van der Waals surface area (Å²) in [6.45, 7) is 3.67. The maximum Gasteiger partial charge on any atom is 0.220 e. The van der Waals surface area contributed by atoms with Gasteiger partial charge >= 0.3 is 0 Å². The van der Waals surface area contributed by atoms with E-state index in [1.807, 2.05) is 6.08 Å². The average Bonchev–Trinajstić information content (AvgIpc) is 3.38. The van der Waals surface area contributed by atoms with E-state index in [1.165, 1.54) is 154 Å². The molecule has 6 N–H and O–H groups in total. The molecule has 1 rings (SSSR count). The summed E-state index contributed by atoms with van der Waals surface area (Å²) >= 11 is 0. The molecule has 0 bridgehead atoms. The second-order valence-corrected chi connectivity index (χ2v) is 20.4. The van der Waals surface area contributed by atoms with Crippen molar-refractivity contribution in [1.29, 1.82) is 0 Å². The van der Waals surface area contributed by atoms with E-state index in [0.717, 1.165) is 77.0 Å². The maximum absolute atomic E-state index is 13.0. The van der Waals surface area contributed by atoms with Crippen LogP contribution in [0.2, 0.25) is 0 Å². The fraction of sp³-hybridized carbons (Fsp3) is 0.762. The van der Waals surface area contributed by atoms with Gasteiger partial charge in [-0.15, -0.1) is 0 Å². The molecule has 416 valence electrons. The fourth-order valence-corrected chi connectivity index (χ4v) is 9.04. The summed E-state index contributed by atoms with van der Waals surface area (Å²) in [5.41, 5.74) is 0. The van der Waals surface area contributed by atoms with E-state index < -0.39 is 49.5 Å². The number of nitrogens with one attached hydrogen (secondary N) is 1. The fourth-order valence-electron chi connectivity index (χ4n) is 9.04. The quantitative estimate of drug-likeness (QED) is 0.0261. The lowest BCUT2D eigenvalue weighted by atomic mass is 9.99. The normalized spacial score (nSPS) is 19.8. The first-order chi connectivity index (χ1) is 35.3. The van der Waals surface area contributed by atoms with Gasteiger partial charge in [-0.05, 0) is 70.6 Å². The highest BCUT2D eigenvalue weighted by atomic mass is 16.7. The van der Waals surface area contributed by atoms with Crippen LogP contribution in [0.15, 0.2) is 85.1 Å². The van der Waals surface area contributed by atoms with Crippen molar-refractivity contribution in [3.05, 3.63) is 85.1 Å². The number of aliphatic hydroxyl groups excluding tert-OH is 5. The van der Waals surface area contributed by atoms with Gasteiger partial charge in [0.1, 0.15) is 24.4 Å². The highest BCUT2D eigenvalue weighted by Crippen LogP contribution is 2.23. The van der Waals surface area contributed by atoms with Gasteiger partial charge in [0.15, 0.2) is 6.29 Å². The minimum atomic E-state index is -1.57. The van der Waals surface area contributed by atoms with E-state index in [0.29, 0.717) is 6.42 Å². The standard InChI is InChI=1S/C63H111NO8/c1-3-5-7-9-11-13-15-17-19-20-21-22-23-24-25-26-27-28-29-30-31-32-33-34-35-36-37-38-39-41-43-45-47-49-51-53-59(67)64-56(55-71-63-62(70)61(69)60(68)58(54-65)72-63)57(66)52-50-48-46-44-42-40-18-16-14-12-10-8-6-4-2/h5,7,11,13,17,19,21-22,24-25,27-28,50,52,56-58,60-63,65-66,68-70H,3-4,6,8-10,12,14-16,18,20,23,26,29-49,51,53-55H2,1-2H3,(H,64,67)/b7-5-,13-11-,19-17-,22-21-,25-24-,28-27-,52-50+. The lowest BCUT2D eigenvalue weighted by Crippen LogP contribution is -2.60. The Bertz CT molecular complexity index is 1400. The third-order valence-electron chi connectivity index (χ3n) is 13.7. The minimum Gasteiger partial charge on any atom is -0.394 e. The first-order valence-corrected chi connectivity index (χ1v) is 29.8. The molecule has 9 nitrogen and oxygen atoms in total. The lowest BCUT2D eigenvalue weighted by molar-refractivity contribution is -0.302. The molecular weight excluding hydrogens is 899 g/mol. The Morgan fingerprint density at radius 1 is 0.486 bits per heavy atom. The van der Waals surface area contributed by atoms with Gasteiger partial charge in [0.2, 0.25) is 5.91 Å². The Morgan fingerprint density at radius 3 is 1.28 bits per heavy atom. The molecule has 7 unspecified atom stereocenters. The van der Waals surface area contributed by atoms with E-state index in [2.05, 4.69) is 92.1 Å². The second-order valence-electron chi connectivity index (χ2n) is 20.4. The highest BCUT2D eigenvalue weighted by molar-refractivity contribution is 5.76. The van der Waals surface area contributed by atoms with Crippen molar-refractivity contribution in [2.75, 3.05) is 13.2 Å². The van der Waals surface area contributed by atoms with Gasteiger partial charge in [-0.25, -0.2) is 0 Å². The maximum atomic E-state index is 13.0. The first kappa shape index (κ1) is 67.4. The molecular formula is C63H111NO8. The van der Waals surface area contributed by atoms with Gasteiger partial charge in [-0.2, -0.15) is 0 Å². The van der Waals surface area contributed by atoms with Crippen LogP contribution in [0.1, 0.15) is 251 Å². The van der Waals surface area contributed by atoms with Crippen LogP contribution in [0.5, 0.6) is 0 Å². The topological polar surface area (TPSA) is 149 Å². The average molecular weight is 1010 g/mol. The number of allylic oxidation sites excluding steroid dienone is 13. The van der Waals surface area contributed by atoms with E-state index in [9.17, 15) is 30.3 Å². The molecule has 0 aromatic heterocycles. The highest BCUT2D eigenvalue weighted by Gasteiger charge is 2.44. The number of amides is 1. The third-order valence-corrected chi connectivity index (χ3v) is 13.7. The van der Waals surface area contributed by atoms with E-state index in [1.54, 1.807) is 6.08 Å². The number of rotatable bonds is 50. The zero-order valence-electron chi connectivity index (χ0n) is 46.2. The van der Waals surface area contributed by atoms with Crippen LogP contribution in [0, 0.1) is 0 Å². The second kappa shape index (κ2) is 51.8. The molecule has 7 atom stereocenters. The molecule has 0 spiro atoms. The molecule has 1 saturated heterocycles. The number of carbonyl (C=O) groups is 1. The summed E-state index contributed by atoms with van der Waals surface area (Å²) in [6.07, 6.45) is 66.6. The van der Waals surface area contributed by atoms with Crippen molar-refractivity contribution in [3.63, 3.8) is 0 Å². The molecule has 0 aromatic rings. The summed E-state index contributed by atoms with van der Waals surface area (Å²) in [5, 5.41) is 54.5. The zero-order chi connectivity index (χ0) is 52.2. The lowest BCUT2D eigenvalue weighted by Gasteiger charge is -2.40. The number of ether oxygens (including phenoxy) is 2. The van der Waals surface area contributed by atoms with Gasteiger partial charge in [-0.1, -0.05) is 259 Å². The predicted octanol–water partition coefficient (Wildman–Crippen LogP) is 15.0. The monoisotopic (exact) mass is 1010 g/mol. The number of carbonyl (C=O) groups excluding carboxylic acids is 1. The van der Waals surface area contributed by atoms with Crippen LogP contribution in [-0.4, -0.2) is 87.5 Å². The molecule has 1 fully saturated rings. The van der Waals surface area contributed by atoms with Crippen LogP contribution in [0.25, 0.3) is 0 Å². The molecule has 9 heteroatoms. The van der Waals surface area contributed by atoms with Crippen molar-refractivity contribution >= 4 is 5.91 Å². The Morgan fingerprint density at radius 2 is 0.861 bits per heavy atom. The van der Waals surface area contributed by atoms with E-state index in [-0.39, 0.29) is 12.5 Å². The van der Waals surface area contributed by atoms with Crippen molar-refractivity contribution < 1.29 is 39.8 Å². The van der Waals surface area contributed by atoms with Crippen LogP contribution in [-0.2, 0) is 14.3 Å². The Labute approximate surface area is 441 Å². The van der Waals surface area contributed by atoms with Gasteiger partial charge in [-0.3, -0.25) is 4.79 Å². The summed E-state index contributed by atoms with van der Waals surface area (Å²) in [7, 11) is 0. The summed E-state index contributed by atoms with van der Waals surface area (Å²) in [6, 6.07) is -0.807. The van der Waals surface area contributed by atoms with Crippen LogP contribution in [0.3, 0.4) is 0 Å². The third kappa shape index (κ3) is 40.7. The van der Waals surface area contributed by atoms with Crippen molar-refractivity contribution in [2.45, 2.75) is 294 Å². The van der Waals surface area contributed by atoms with Crippen LogP contribution >= 0.6 is 0 Å². The van der Waals surface area contributed by atoms with Crippen LogP contribution < -0.4 is 5.32 Å². The van der Waals surface area contributed by atoms with Gasteiger partial charge in [0, 0.05) is 6.42 Å². The van der Waals surface area contributed by atoms with Crippen molar-refractivity contribution in [1.82, 2.24) is 5.32 Å². The largest absolute Gasteiger partial charge is 0.394 e. The molecule has 1 aliphatic rings. The van der Waals surface area contributed by atoms with Gasteiger partial charge in [0.05, 0.1) is 25.4 Å². The SMILES string of the molecule is CC/C=C\C/C=C\C/C=C\C/C=C\C/C=C\C/C=C\CCCCCCCCCCCCCCCCCCC(=O)NC(COC1OC(CO)C(O)C(O)C1O)C(O)/C=C/CCCCCCCCCCCCCC. The molecule has 1 heterocycles. The number of hydrogen-bond donors (Lipinski definition) is 6. The molecule has 0 aliphatic carbocycles. The van der Waals surface area contributed by atoms with E-state index in [4.69, 9.17) is 9.47 Å². The summed E-state index contributed by atoms with van der Waals surface area (Å²) < 4.78 is 11.3. The number of aliphatic hydroxyl groups is 5. The Kier molecular flexibility index (Phi) is 48.5. The molecule has 0 aromatic carbocycles. The number of hydrogen-bond acceptors (Lipinski definition) is 8. The zero-order valence-corrected chi connectivity index (χ0v) is 46.2. The van der Waals surface area contributed by atoms with Gasteiger partial charge in [0.25, 0.3) is 0 Å². The minimum absolute atomic E-state index is 0.178. The van der Waals surface area contributed by atoms with E-state index >= 15 is 0 Å². The number of unbranched alkanes of at least 4 members (excludes halogenated alkanes) is 28. The van der Waals surface area contributed by atoms with Crippen molar-refractivity contribution in [2.24, 2.45) is 0 Å².